The van der Waals surface area contributed by atoms with Gasteiger partial charge in [0, 0.05) is 6.42 Å². The fourth-order valence-corrected chi connectivity index (χ4v) is 3.36. The van der Waals surface area contributed by atoms with E-state index in [0.717, 1.165) is 32.1 Å². The average molecular weight is 302 g/mol. The van der Waals surface area contributed by atoms with Crippen LogP contribution in [0.3, 0.4) is 0 Å². The third-order valence-electron chi connectivity index (χ3n) is 4.56. The normalized spacial score (nSPS) is 25.4. The van der Waals surface area contributed by atoms with Crippen molar-refractivity contribution >= 4 is 5.97 Å². The molecule has 1 aliphatic carbocycles. The van der Waals surface area contributed by atoms with Gasteiger partial charge in [-0.05, 0) is 55.9 Å². The van der Waals surface area contributed by atoms with E-state index in [4.69, 9.17) is 5.11 Å². The lowest BCUT2D eigenvalue weighted by Crippen LogP contribution is -2.26. The first-order valence-corrected chi connectivity index (χ1v) is 8.26. The fourth-order valence-electron chi connectivity index (χ4n) is 3.36. The quantitative estimate of drug-likeness (QED) is 0.588. The Balaban J connectivity index is 1.87. The summed E-state index contributed by atoms with van der Waals surface area (Å²) < 4.78 is 0. The molecule has 0 bridgehead atoms. The van der Waals surface area contributed by atoms with Crippen LogP contribution < -0.4 is 0 Å². The summed E-state index contributed by atoms with van der Waals surface area (Å²) in [7, 11) is 0. The summed E-state index contributed by atoms with van der Waals surface area (Å²) >= 11 is 0. The number of allylic oxidation sites excluding steroid dienone is 2. The molecule has 1 aromatic rings. The standard InChI is InChI=1S/C19H26O3/c20-17-13-12-16(10-4-1-2-7-11-19(21)22)18(14-17)15-8-5-3-6-9-15/h1,3-6,8-9,16-18,20H,2,7,10-14H2,(H,21,22)/t16-,17-,18+/m1/s1. The van der Waals surface area contributed by atoms with Crippen LogP contribution in [0, 0.1) is 5.92 Å². The van der Waals surface area contributed by atoms with Crippen molar-refractivity contribution in [1.29, 1.82) is 0 Å². The number of hydrogen-bond donors (Lipinski definition) is 2. The summed E-state index contributed by atoms with van der Waals surface area (Å²) in [6.07, 6.45) is 9.71. The van der Waals surface area contributed by atoms with Crippen LogP contribution in [0.2, 0.25) is 0 Å². The molecule has 120 valence electrons. The highest BCUT2D eigenvalue weighted by atomic mass is 16.4. The van der Waals surface area contributed by atoms with Crippen LogP contribution in [-0.4, -0.2) is 22.3 Å². The zero-order valence-electron chi connectivity index (χ0n) is 13.0. The largest absolute Gasteiger partial charge is 0.481 e. The van der Waals surface area contributed by atoms with Gasteiger partial charge in [0.1, 0.15) is 0 Å². The summed E-state index contributed by atoms with van der Waals surface area (Å²) in [6, 6.07) is 10.5. The summed E-state index contributed by atoms with van der Waals surface area (Å²) in [4.78, 5) is 10.5. The van der Waals surface area contributed by atoms with Gasteiger partial charge in [0.25, 0.3) is 0 Å². The number of carbonyl (C=O) groups is 1. The second-order valence-corrected chi connectivity index (χ2v) is 6.24. The highest BCUT2D eigenvalue weighted by molar-refractivity contribution is 5.66. The zero-order chi connectivity index (χ0) is 15.8. The van der Waals surface area contributed by atoms with Crippen molar-refractivity contribution in [3.05, 3.63) is 48.0 Å². The monoisotopic (exact) mass is 302 g/mol. The van der Waals surface area contributed by atoms with Gasteiger partial charge in [0.15, 0.2) is 0 Å². The fraction of sp³-hybridized carbons (Fsp3) is 0.526. The molecule has 3 heteroatoms. The van der Waals surface area contributed by atoms with Gasteiger partial charge in [0.05, 0.1) is 6.10 Å². The Morgan fingerprint density at radius 3 is 2.68 bits per heavy atom. The molecule has 1 aliphatic rings. The molecule has 0 spiro atoms. The molecular formula is C19H26O3. The molecule has 3 atom stereocenters. The molecule has 22 heavy (non-hydrogen) atoms. The van der Waals surface area contributed by atoms with Crippen LogP contribution in [0.1, 0.15) is 56.4 Å². The van der Waals surface area contributed by atoms with E-state index in [9.17, 15) is 9.90 Å². The molecule has 1 saturated carbocycles. The third-order valence-corrected chi connectivity index (χ3v) is 4.56. The first kappa shape index (κ1) is 16.8. The van der Waals surface area contributed by atoms with Gasteiger partial charge in [0.2, 0.25) is 0 Å². The second kappa shape index (κ2) is 8.74. The summed E-state index contributed by atoms with van der Waals surface area (Å²) in [6.45, 7) is 0. The van der Waals surface area contributed by atoms with Crippen LogP contribution in [0.15, 0.2) is 42.5 Å². The molecule has 0 aliphatic heterocycles. The van der Waals surface area contributed by atoms with Crippen molar-refractivity contribution in [1.82, 2.24) is 0 Å². The lowest BCUT2D eigenvalue weighted by molar-refractivity contribution is -0.137. The maximum Gasteiger partial charge on any atom is 0.303 e. The van der Waals surface area contributed by atoms with Gasteiger partial charge in [-0.1, -0.05) is 42.5 Å². The Morgan fingerprint density at radius 1 is 1.18 bits per heavy atom. The first-order valence-electron chi connectivity index (χ1n) is 8.26. The van der Waals surface area contributed by atoms with Crippen molar-refractivity contribution in [3.63, 3.8) is 0 Å². The average Bonchev–Trinajstić information content (AvgIpc) is 2.52. The number of aliphatic hydroxyl groups is 1. The number of benzene rings is 1. The van der Waals surface area contributed by atoms with E-state index < -0.39 is 5.97 Å². The molecule has 2 rings (SSSR count). The van der Waals surface area contributed by atoms with Crippen molar-refractivity contribution in [2.75, 3.05) is 0 Å². The topological polar surface area (TPSA) is 57.5 Å². The molecule has 2 N–H and O–H groups in total. The van der Waals surface area contributed by atoms with E-state index in [1.165, 1.54) is 5.56 Å². The summed E-state index contributed by atoms with van der Waals surface area (Å²) in [5.41, 5.74) is 1.32. The minimum Gasteiger partial charge on any atom is -0.481 e. The number of carboxylic acids is 1. The number of rotatable bonds is 7. The second-order valence-electron chi connectivity index (χ2n) is 6.24. The van der Waals surface area contributed by atoms with Gasteiger partial charge in [-0.25, -0.2) is 0 Å². The Bertz CT molecular complexity index is 481. The van der Waals surface area contributed by atoms with E-state index in [1.807, 2.05) is 6.07 Å². The molecule has 0 amide bonds. The third kappa shape index (κ3) is 5.30. The van der Waals surface area contributed by atoms with Gasteiger partial charge in [-0.3, -0.25) is 4.79 Å². The minimum absolute atomic E-state index is 0.180. The molecule has 1 fully saturated rings. The van der Waals surface area contributed by atoms with Crippen molar-refractivity contribution in [2.45, 2.75) is 57.0 Å². The van der Waals surface area contributed by atoms with Crippen LogP contribution in [0.5, 0.6) is 0 Å². The molecule has 0 aromatic heterocycles. The maximum absolute atomic E-state index is 10.5. The smallest absolute Gasteiger partial charge is 0.303 e. The maximum atomic E-state index is 10.5. The zero-order valence-corrected chi connectivity index (χ0v) is 13.0. The van der Waals surface area contributed by atoms with Crippen molar-refractivity contribution in [2.24, 2.45) is 5.92 Å². The molecular weight excluding hydrogens is 276 g/mol. The molecule has 1 aromatic carbocycles. The molecule has 0 heterocycles. The lowest BCUT2D eigenvalue weighted by atomic mass is 9.73. The Labute approximate surface area is 132 Å². The highest BCUT2D eigenvalue weighted by Crippen LogP contribution is 2.39. The number of unbranched alkanes of at least 4 members (excludes halogenated alkanes) is 1. The Hall–Kier alpha value is -1.61. The van der Waals surface area contributed by atoms with Crippen LogP contribution in [0.25, 0.3) is 0 Å². The molecule has 0 radical (unpaired) electrons. The van der Waals surface area contributed by atoms with Gasteiger partial charge in [-0.15, -0.1) is 0 Å². The van der Waals surface area contributed by atoms with Crippen molar-refractivity contribution < 1.29 is 15.0 Å². The Kier molecular flexibility index (Phi) is 6.66. The van der Waals surface area contributed by atoms with Gasteiger partial charge < -0.3 is 10.2 Å². The summed E-state index contributed by atoms with van der Waals surface area (Å²) in [5.74, 6) is 0.272. The van der Waals surface area contributed by atoms with E-state index >= 15 is 0 Å². The first-order chi connectivity index (χ1) is 10.7. The SMILES string of the molecule is O=C(O)CCCC=CC[C@@H]1CC[C@@H](O)C[C@H]1c1ccccc1. The van der Waals surface area contributed by atoms with E-state index in [0.29, 0.717) is 18.3 Å². The van der Waals surface area contributed by atoms with E-state index in [2.05, 4.69) is 36.4 Å². The predicted octanol–water partition coefficient (Wildman–Crippen LogP) is 4.13. The van der Waals surface area contributed by atoms with Crippen LogP contribution in [0.4, 0.5) is 0 Å². The van der Waals surface area contributed by atoms with E-state index in [1.54, 1.807) is 0 Å². The van der Waals surface area contributed by atoms with Gasteiger partial charge in [-0.2, -0.15) is 0 Å². The van der Waals surface area contributed by atoms with Crippen LogP contribution in [-0.2, 0) is 4.79 Å². The number of aliphatic hydroxyl groups excluding tert-OH is 1. The summed E-state index contributed by atoms with van der Waals surface area (Å²) in [5, 5.41) is 18.6. The number of aliphatic carboxylic acids is 1. The molecule has 0 unspecified atom stereocenters. The van der Waals surface area contributed by atoms with Gasteiger partial charge >= 0.3 is 5.97 Å². The number of carboxylic acid groups (broad SMARTS) is 1. The van der Waals surface area contributed by atoms with E-state index in [-0.39, 0.29) is 12.5 Å². The molecule has 0 saturated heterocycles. The predicted molar refractivity (Wildman–Crippen MR) is 87.8 cm³/mol. The lowest BCUT2D eigenvalue weighted by Gasteiger charge is -2.34. The Morgan fingerprint density at radius 2 is 1.95 bits per heavy atom. The van der Waals surface area contributed by atoms with Crippen molar-refractivity contribution in [3.8, 4) is 0 Å². The molecule has 3 nitrogen and oxygen atoms in total. The minimum atomic E-state index is -0.723. The van der Waals surface area contributed by atoms with Crippen LogP contribution >= 0.6 is 0 Å². The number of hydrogen-bond acceptors (Lipinski definition) is 2. The highest BCUT2D eigenvalue weighted by Gasteiger charge is 2.29.